The van der Waals surface area contributed by atoms with Gasteiger partial charge in [0.15, 0.2) is 11.6 Å². The molecule has 2 aromatic carbocycles. The van der Waals surface area contributed by atoms with Gasteiger partial charge in [0.1, 0.15) is 5.82 Å². The van der Waals surface area contributed by atoms with Crippen molar-refractivity contribution in [3.63, 3.8) is 0 Å². The maximum atomic E-state index is 13.1. The lowest BCUT2D eigenvalue weighted by Crippen LogP contribution is -2.11. The fourth-order valence-electron chi connectivity index (χ4n) is 1.92. The van der Waals surface area contributed by atoms with Crippen molar-refractivity contribution >= 4 is 22.7 Å². The first kappa shape index (κ1) is 13.8. The number of para-hydroxylation sites is 1. The van der Waals surface area contributed by atoms with E-state index in [-0.39, 0.29) is 5.56 Å². The molecular formula is C15H10F2N2OS. The van der Waals surface area contributed by atoms with Gasteiger partial charge in [0, 0.05) is 4.90 Å². The molecule has 0 radical (unpaired) electrons. The molecule has 0 aliphatic rings. The van der Waals surface area contributed by atoms with Crippen LogP contribution in [0.4, 0.5) is 8.78 Å². The van der Waals surface area contributed by atoms with Gasteiger partial charge in [0.05, 0.1) is 16.7 Å². The summed E-state index contributed by atoms with van der Waals surface area (Å²) in [5.74, 6) is -0.907. The number of hydrogen-bond donors (Lipinski definition) is 1. The van der Waals surface area contributed by atoms with Crippen molar-refractivity contribution in [3.8, 4) is 0 Å². The SMILES string of the molecule is O=c1[nH]c(CSc2ccc(F)c(F)c2)nc2ccccc12. The molecule has 3 nitrogen and oxygen atoms in total. The van der Waals surface area contributed by atoms with Crippen LogP contribution in [0.1, 0.15) is 5.82 Å². The summed E-state index contributed by atoms with van der Waals surface area (Å²) in [5.41, 5.74) is 0.406. The van der Waals surface area contributed by atoms with Gasteiger partial charge in [0.25, 0.3) is 5.56 Å². The lowest BCUT2D eigenvalue weighted by Gasteiger charge is -2.04. The molecule has 1 N–H and O–H groups in total. The molecule has 0 saturated carbocycles. The van der Waals surface area contributed by atoms with Gasteiger partial charge in [-0.1, -0.05) is 12.1 Å². The number of nitrogens with one attached hydrogen (secondary N) is 1. The van der Waals surface area contributed by atoms with E-state index in [2.05, 4.69) is 9.97 Å². The number of aromatic nitrogens is 2. The number of benzene rings is 2. The van der Waals surface area contributed by atoms with Crippen molar-refractivity contribution in [1.82, 2.24) is 9.97 Å². The second-order valence-corrected chi connectivity index (χ2v) is 5.44. The number of halogens is 2. The highest BCUT2D eigenvalue weighted by Gasteiger charge is 2.06. The van der Waals surface area contributed by atoms with E-state index in [1.165, 1.54) is 17.8 Å². The molecule has 1 aromatic heterocycles. The first-order valence-electron chi connectivity index (χ1n) is 6.19. The molecule has 0 spiro atoms. The van der Waals surface area contributed by atoms with Crippen LogP contribution in [0.5, 0.6) is 0 Å². The highest BCUT2D eigenvalue weighted by Crippen LogP contribution is 2.23. The largest absolute Gasteiger partial charge is 0.309 e. The molecule has 21 heavy (non-hydrogen) atoms. The normalized spacial score (nSPS) is 11.0. The van der Waals surface area contributed by atoms with Crippen molar-refractivity contribution in [2.75, 3.05) is 0 Å². The van der Waals surface area contributed by atoms with E-state index in [0.717, 1.165) is 12.1 Å². The van der Waals surface area contributed by atoms with Crippen LogP contribution >= 0.6 is 11.8 Å². The van der Waals surface area contributed by atoms with Gasteiger partial charge in [-0.15, -0.1) is 11.8 Å². The molecule has 106 valence electrons. The summed E-state index contributed by atoms with van der Waals surface area (Å²) in [5, 5.41) is 0.527. The Labute approximate surface area is 123 Å². The minimum atomic E-state index is -0.889. The third-order valence-electron chi connectivity index (χ3n) is 2.93. The standard InChI is InChI=1S/C15H10F2N2OS/c16-11-6-5-9(7-12(11)17)21-8-14-18-13-4-2-1-3-10(13)15(20)19-14/h1-7H,8H2,(H,18,19,20). The van der Waals surface area contributed by atoms with Gasteiger partial charge in [0.2, 0.25) is 0 Å². The van der Waals surface area contributed by atoms with Crippen LogP contribution in [0.25, 0.3) is 10.9 Å². The van der Waals surface area contributed by atoms with Gasteiger partial charge < -0.3 is 4.98 Å². The Kier molecular flexibility index (Phi) is 3.70. The van der Waals surface area contributed by atoms with Crippen molar-refractivity contribution in [1.29, 1.82) is 0 Å². The summed E-state index contributed by atoms with van der Waals surface area (Å²) in [7, 11) is 0. The van der Waals surface area contributed by atoms with Gasteiger partial charge >= 0.3 is 0 Å². The quantitative estimate of drug-likeness (QED) is 0.753. The number of thioether (sulfide) groups is 1. The Morgan fingerprint density at radius 2 is 1.90 bits per heavy atom. The molecular weight excluding hydrogens is 294 g/mol. The zero-order valence-electron chi connectivity index (χ0n) is 10.8. The summed E-state index contributed by atoms with van der Waals surface area (Å²) in [6.45, 7) is 0. The Morgan fingerprint density at radius 3 is 2.71 bits per heavy atom. The molecule has 1 heterocycles. The van der Waals surface area contributed by atoms with Crippen molar-refractivity contribution < 1.29 is 8.78 Å². The maximum absolute atomic E-state index is 13.1. The second kappa shape index (κ2) is 5.65. The molecule has 0 saturated heterocycles. The summed E-state index contributed by atoms with van der Waals surface area (Å²) in [4.78, 5) is 19.5. The van der Waals surface area contributed by atoms with Gasteiger partial charge in [-0.2, -0.15) is 0 Å². The highest BCUT2D eigenvalue weighted by molar-refractivity contribution is 7.98. The summed E-state index contributed by atoms with van der Waals surface area (Å²) < 4.78 is 26.0. The number of nitrogens with zero attached hydrogens (tertiary/aromatic N) is 1. The molecule has 0 unspecified atom stereocenters. The Hall–Kier alpha value is -2.21. The monoisotopic (exact) mass is 304 g/mol. The third kappa shape index (κ3) is 2.95. The first-order chi connectivity index (χ1) is 10.1. The predicted molar refractivity (Wildman–Crippen MR) is 78.3 cm³/mol. The second-order valence-electron chi connectivity index (χ2n) is 4.39. The van der Waals surface area contributed by atoms with Gasteiger partial charge in [-0.05, 0) is 30.3 Å². The summed E-state index contributed by atoms with van der Waals surface area (Å²) in [6.07, 6.45) is 0. The number of rotatable bonds is 3. The molecule has 0 aliphatic carbocycles. The average Bonchev–Trinajstić information content (AvgIpc) is 2.49. The van der Waals surface area contributed by atoms with Crippen LogP contribution in [0, 0.1) is 11.6 Å². The molecule has 0 aliphatic heterocycles. The third-order valence-corrected chi connectivity index (χ3v) is 3.93. The van der Waals surface area contributed by atoms with Crippen molar-refractivity contribution in [3.05, 3.63) is 70.3 Å². The Bertz CT molecular complexity index is 864. The van der Waals surface area contributed by atoms with Crippen molar-refractivity contribution in [2.45, 2.75) is 10.6 Å². The van der Waals surface area contributed by atoms with Crippen LogP contribution in [-0.2, 0) is 5.75 Å². The van der Waals surface area contributed by atoms with Crippen LogP contribution in [0.15, 0.2) is 52.2 Å². The molecule has 3 aromatic rings. The lowest BCUT2D eigenvalue weighted by atomic mass is 10.2. The van der Waals surface area contributed by atoms with Crippen LogP contribution < -0.4 is 5.56 Å². The number of hydrogen-bond acceptors (Lipinski definition) is 3. The van der Waals surface area contributed by atoms with Crippen LogP contribution in [-0.4, -0.2) is 9.97 Å². The zero-order valence-corrected chi connectivity index (χ0v) is 11.6. The Morgan fingerprint density at radius 1 is 1.10 bits per heavy atom. The molecule has 6 heteroatoms. The molecule has 3 rings (SSSR count). The van der Waals surface area contributed by atoms with E-state index in [4.69, 9.17) is 0 Å². The maximum Gasteiger partial charge on any atom is 0.258 e. The van der Waals surface area contributed by atoms with E-state index >= 15 is 0 Å². The van der Waals surface area contributed by atoms with E-state index in [1.807, 2.05) is 0 Å². The van der Waals surface area contributed by atoms with Crippen molar-refractivity contribution in [2.24, 2.45) is 0 Å². The fraction of sp³-hybridized carbons (Fsp3) is 0.0667. The summed E-state index contributed by atoms with van der Waals surface area (Å²) >= 11 is 1.27. The smallest absolute Gasteiger partial charge is 0.258 e. The van der Waals surface area contributed by atoms with E-state index < -0.39 is 11.6 Å². The predicted octanol–water partition coefficient (Wildman–Crippen LogP) is 3.49. The topological polar surface area (TPSA) is 45.8 Å². The molecule has 0 amide bonds. The molecule has 0 bridgehead atoms. The summed E-state index contributed by atoms with van der Waals surface area (Å²) in [6, 6.07) is 10.7. The average molecular weight is 304 g/mol. The van der Waals surface area contributed by atoms with Gasteiger partial charge in [-0.3, -0.25) is 4.79 Å². The molecule has 0 atom stereocenters. The van der Waals surface area contributed by atoms with E-state index in [9.17, 15) is 13.6 Å². The van der Waals surface area contributed by atoms with E-state index in [0.29, 0.717) is 27.4 Å². The lowest BCUT2D eigenvalue weighted by molar-refractivity contribution is 0.506. The highest BCUT2D eigenvalue weighted by atomic mass is 32.2. The minimum absolute atomic E-state index is 0.207. The Balaban J connectivity index is 1.85. The van der Waals surface area contributed by atoms with Gasteiger partial charge in [-0.25, -0.2) is 13.8 Å². The first-order valence-corrected chi connectivity index (χ1v) is 7.18. The number of fused-ring (bicyclic) bond motifs is 1. The fourth-order valence-corrected chi connectivity index (χ4v) is 2.71. The van der Waals surface area contributed by atoms with Crippen LogP contribution in [0.2, 0.25) is 0 Å². The molecule has 0 fully saturated rings. The minimum Gasteiger partial charge on any atom is -0.309 e. The number of H-pyrrole nitrogens is 1. The zero-order chi connectivity index (χ0) is 14.8. The van der Waals surface area contributed by atoms with Crippen LogP contribution in [0.3, 0.4) is 0 Å². The van der Waals surface area contributed by atoms with E-state index in [1.54, 1.807) is 24.3 Å². The number of aromatic amines is 1.